The molecule has 112 valence electrons. The number of phenols is 1. The third-order valence-corrected chi connectivity index (χ3v) is 3.13. The molecule has 0 aliphatic carbocycles. The summed E-state index contributed by atoms with van der Waals surface area (Å²) in [5.74, 6) is 0.501. The van der Waals surface area contributed by atoms with Gasteiger partial charge in [-0.05, 0) is 31.0 Å². The van der Waals surface area contributed by atoms with Crippen molar-refractivity contribution in [1.29, 1.82) is 0 Å². The van der Waals surface area contributed by atoms with E-state index in [2.05, 4.69) is 5.32 Å². The van der Waals surface area contributed by atoms with Gasteiger partial charge in [-0.2, -0.15) is 0 Å². The highest BCUT2D eigenvalue weighted by Gasteiger charge is 2.05. The number of rotatable bonds is 7. The van der Waals surface area contributed by atoms with Gasteiger partial charge >= 0.3 is 0 Å². The molecule has 2 aromatic rings. The lowest BCUT2D eigenvalue weighted by molar-refractivity contribution is 0.0951. The molecule has 0 aliphatic rings. The summed E-state index contributed by atoms with van der Waals surface area (Å²) in [7, 11) is 0. The Morgan fingerprint density at radius 1 is 1.33 bits per heavy atom. The summed E-state index contributed by atoms with van der Waals surface area (Å²) in [6, 6.07) is 6.33. The number of amides is 1. The van der Waals surface area contributed by atoms with Crippen LogP contribution in [0, 0.1) is 0 Å². The van der Waals surface area contributed by atoms with Crippen LogP contribution in [0.4, 0.5) is 0 Å². The largest absolute Gasteiger partial charge is 0.506 e. The fourth-order valence-electron chi connectivity index (χ4n) is 1.69. The minimum absolute atomic E-state index is 0.0333. The number of hydrogen-bond acceptors (Lipinski definition) is 4. The fraction of sp³-hybridized carbons (Fsp3) is 0.267. The lowest BCUT2D eigenvalue weighted by Crippen LogP contribution is -2.24. The molecule has 5 nitrogen and oxygen atoms in total. The Hall–Kier alpha value is -2.14. The maximum atomic E-state index is 11.6. The van der Waals surface area contributed by atoms with Gasteiger partial charge in [0.2, 0.25) is 0 Å². The molecule has 2 rings (SSSR count). The second-order valence-corrected chi connectivity index (χ2v) is 4.84. The van der Waals surface area contributed by atoms with E-state index in [1.54, 1.807) is 18.2 Å². The highest BCUT2D eigenvalue weighted by molar-refractivity contribution is 6.32. The molecule has 0 aliphatic heterocycles. The van der Waals surface area contributed by atoms with Crippen LogP contribution in [0.5, 0.6) is 11.5 Å². The normalized spacial score (nSPS) is 10.3. The van der Waals surface area contributed by atoms with E-state index in [1.165, 1.54) is 18.6 Å². The van der Waals surface area contributed by atoms with Crippen LogP contribution in [-0.4, -0.2) is 24.2 Å². The van der Waals surface area contributed by atoms with Crippen molar-refractivity contribution in [3.8, 4) is 11.5 Å². The number of hydrogen-bond donors (Lipinski definition) is 2. The first-order valence-electron chi connectivity index (χ1n) is 6.58. The Morgan fingerprint density at radius 2 is 2.19 bits per heavy atom. The van der Waals surface area contributed by atoms with Gasteiger partial charge in [0.25, 0.3) is 5.91 Å². The van der Waals surface area contributed by atoms with Crippen LogP contribution < -0.4 is 10.1 Å². The van der Waals surface area contributed by atoms with Crippen molar-refractivity contribution in [2.75, 3.05) is 13.2 Å². The van der Waals surface area contributed by atoms with Gasteiger partial charge in [0.05, 0.1) is 23.5 Å². The first-order chi connectivity index (χ1) is 10.2. The third kappa shape index (κ3) is 4.72. The molecule has 0 unspecified atom stereocenters. The van der Waals surface area contributed by atoms with Gasteiger partial charge in [0, 0.05) is 12.6 Å². The standard InChI is InChI=1S/C15H16ClNO4/c16-13-9-12(3-4-14(13)18)21-7-2-1-6-17-15(19)11-5-8-20-10-11/h3-5,8-10,18H,1-2,6-7H2,(H,17,19). The molecule has 1 heterocycles. The van der Waals surface area contributed by atoms with E-state index < -0.39 is 0 Å². The van der Waals surface area contributed by atoms with Crippen molar-refractivity contribution >= 4 is 17.5 Å². The quantitative estimate of drug-likeness (QED) is 0.770. The molecule has 0 fully saturated rings. The van der Waals surface area contributed by atoms with Crippen molar-refractivity contribution in [2.24, 2.45) is 0 Å². The number of furan rings is 1. The van der Waals surface area contributed by atoms with Crippen LogP contribution in [0.1, 0.15) is 23.2 Å². The van der Waals surface area contributed by atoms with Crippen LogP contribution in [0.25, 0.3) is 0 Å². The van der Waals surface area contributed by atoms with Crippen LogP contribution in [-0.2, 0) is 0 Å². The number of aromatic hydroxyl groups is 1. The van der Waals surface area contributed by atoms with Gasteiger partial charge < -0.3 is 19.6 Å². The van der Waals surface area contributed by atoms with Gasteiger partial charge in [-0.15, -0.1) is 0 Å². The van der Waals surface area contributed by atoms with Gasteiger partial charge in [0.1, 0.15) is 17.8 Å². The number of ether oxygens (including phenoxy) is 1. The van der Waals surface area contributed by atoms with Gasteiger partial charge in [-0.1, -0.05) is 11.6 Å². The molecule has 0 spiro atoms. The monoisotopic (exact) mass is 309 g/mol. The number of carbonyl (C=O) groups is 1. The van der Waals surface area contributed by atoms with Gasteiger partial charge in [0.15, 0.2) is 0 Å². The summed E-state index contributed by atoms with van der Waals surface area (Å²) < 4.78 is 10.3. The molecule has 0 atom stereocenters. The minimum atomic E-state index is -0.144. The topological polar surface area (TPSA) is 71.7 Å². The lowest BCUT2D eigenvalue weighted by Gasteiger charge is -2.07. The molecule has 0 saturated heterocycles. The molecule has 0 saturated carbocycles. The Kier molecular flexibility index (Phi) is 5.51. The molecule has 1 amide bonds. The average Bonchev–Trinajstić information content (AvgIpc) is 3.00. The van der Waals surface area contributed by atoms with E-state index in [0.29, 0.717) is 24.5 Å². The second kappa shape index (κ2) is 7.59. The van der Waals surface area contributed by atoms with Gasteiger partial charge in [-0.25, -0.2) is 0 Å². The van der Waals surface area contributed by atoms with Crippen molar-refractivity contribution < 1.29 is 19.1 Å². The molecule has 1 aromatic heterocycles. The molecule has 0 bridgehead atoms. The van der Waals surface area contributed by atoms with Crippen molar-refractivity contribution in [2.45, 2.75) is 12.8 Å². The summed E-state index contributed by atoms with van der Waals surface area (Å²) in [4.78, 5) is 11.6. The van der Waals surface area contributed by atoms with E-state index in [-0.39, 0.29) is 16.7 Å². The van der Waals surface area contributed by atoms with Crippen molar-refractivity contribution in [1.82, 2.24) is 5.32 Å². The zero-order valence-corrected chi connectivity index (χ0v) is 12.1. The predicted octanol–water partition coefficient (Wildman–Crippen LogP) is 3.23. The molecular formula is C15H16ClNO4. The lowest BCUT2D eigenvalue weighted by atomic mass is 10.3. The summed E-state index contributed by atoms with van der Waals surface area (Å²) in [6.07, 6.45) is 4.47. The van der Waals surface area contributed by atoms with E-state index in [0.717, 1.165) is 12.8 Å². The number of carbonyl (C=O) groups excluding carboxylic acids is 1. The van der Waals surface area contributed by atoms with E-state index in [1.807, 2.05) is 0 Å². The highest BCUT2D eigenvalue weighted by atomic mass is 35.5. The predicted molar refractivity (Wildman–Crippen MR) is 78.9 cm³/mol. The molecule has 0 radical (unpaired) electrons. The summed E-state index contributed by atoms with van der Waals surface area (Å²) in [6.45, 7) is 1.09. The van der Waals surface area contributed by atoms with Crippen LogP contribution >= 0.6 is 11.6 Å². The summed E-state index contributed by atoms with van der Waals surface area (Å²) in [5.41, 5.74) is 0.519. The molecule has 1 aromatic carbocycles. The van der Waals surface area contributed by atoms with E-state index in [4.69, 9.17) is 20.8 Å². The maximum absolute atomic E-state index is 11.6. The van der Waals surface area contributed by atoms with Crippen molar-refractivity contribution in [3.05, 3.63) is 47.4 Å². The Labute approximate surface area is 127 Å². The molecular weight excluding hydrogens is 294 g/mol. The number of nitrogens with one attached hydrogen (secondary N) is 1. The van der Waals surface area contributed by atoms with E-state index >= 15 is 0 Å². The Balaban J connectivity index is 1.60. The molecule has 6 heteroatoms. The first-order valence-corrected chi connectivity index (χ1v) is 6.96. The van der Waals surface area contributed by atoms with Crippen molar-refractivity contribution in [3.63, 3.8) is 0 Å². The highest BCUT2D eigenvalue weighted by Crippen LogP contribution is 2.27. The molecule has 2 N–H and O–H groups in total. The first kappa shape index (κ1) is 15.3. The molecule has 21 heavy (non-hydrogen) atoms. The number of halogens is 1. The SMILES string of the molecule is O=C(NCCCCOc1ccc(O)c(Cl)c1)c1ccoc1. The van der Waals surface area contributed by atoms with Crippen LogP contribution in [0.3, 0.4) is 0 Å². The smallest absolute Gasteiger partial charge is 0.254 e. The van der Waals surface area contributed by atoms with Gasteiger partial charge in [-0.3, -0.25) is 4.79 Å². The number of benzene rings is 1. The van der Waals surface area contributed by atoms with Crippen LogP contribution in [0.15, 0.2) is 41.2 Å². The third-order valence-electron chi connectivity index (χ3n) is 2.83. The zero-order valence-electron chi connectivity index (χ0n) is 11.3. The Bertz CT molecular complexity index is 583. The number of unbranched alkanes of at least 4 members (excludes halogenated alkanes) is 1. The maximum Gasteiger partial charge on any atom is 0.254 e. The summed E-state index contributed by atoms with van der Waals surface area (Å²) in [5, 5.41) is 12.3. The average molecular weight is 310 g/mol. The summed E-state index contributed by atoms with van der Waals surface area (Å²) >= 11 is 5.77. The number of phenolic OH excluding ortho intramolecular Hbond substituents is 1. The van der Waals surface area contributed by atoms with Crippen LogP contribution in [0.2, 0.25) is 5.02 Å². The Morgan fingerprint density at radius 3 is 2.90 bits per heavy atom. The second-order valence-electron chi connectivity index (χ2n) is 4.44. The van der Waals surface area contributed by atoms with E-state index in [9.17, 15) is 9.90 Å². The fourth-order valence-corrected chi connectivity index (χ4v) is 1.86. The minimum Gasteiger partial charge on any atom is -0.506 e. The zero-order chi connectivity index (χ0) is 15.1.